The Morgan fingerprint density at radius 2 is 1.78 bits per heavy atom. The fourth-order valence-electron chi connectivity index (χ4n) is 3.18. The van der Waals surface area contributed by atoms with E-state index in [0.29, 0.717) is 31.7 Å². The first kappa shape index (κ1) is 18.8. The van der Waals surface area contributed by atoms with E-state index in [4.69, 9.17) is 5.26 Å². The molecule has 9 nitrogen and oxygen atoms in total. The minimum atomic E-state index is -0.758. The summed E-state index contributed by atoms with van der Waals surface area (Å²) in [5, 5.41) is 9.00. The molecule has 9 heteroatoms. The lowest BCUT2D eigenvalue weighted by molar-refractivity contribution is -0.144. The van der Waals surface area contributed by atoms with Crippen LogP contribution in [0.15, 0.2) is 18.3 Å². The molecule has 0 unspecified atom stereocenters. The molecule has 2 fully saturated rings. The number of carbonyl (C=O) groups is 3. The van der Waals surface area contributed by atoms with Gasteiger partial charge in [-0.25, -0.2) is 14.7 Å². The SMILES string of the molecule is CC(C)CN1C(=O)C(=O)N(CN2CCN(c3cc(C#N)ccn3)CC2)C1=O. The smallest absolute Gasteiger partial charge is 0.335 e. The lowest BCUT2D eigenvalue weighted by Crippen LogP contribution is -2.51. The summed E-state index contributed by atoms with van der Waals surface area (Å²) in [5.74, 6) is -0.664. The van der Waals surface area contributed by atoms with Crippen LogP contribution >= 0.6 is 0 Å². The molecular formula is C18H22N6O3. The molecule has 3 rings (SSSR count). The summed E-state index contributed by atoms with van der Waals surface area (Å²) in [6, 6.07) is 4.96. The first-order valence-corrected chi connectivity index (χ1v) is 8.91. The Bertz CT molecular complexity index is 795. The summed E-state index contributed by atoms with van der Waals surface area (Å²) in [6.45, 7) is 6.68. The van der Waals surface area contributed by atoms with Crippen LogP contribution in [0.5, 0.6) is 0 Å². The fraction of sp³-hybridized carbons (Fsp3) is 0.500. The van der Waals surface area contributed by atoms with Gasteiger partial charge in [0, 0.05) is 38.9 Å². The molecule has 0 radical (unpaired) electrons. The number of piperazine rings is 1. The molecule has 27 heavy (non-hydrogen) atoms. The summed E-state index contributed by atoms with van der Waals surface area (Å²) in [5.41, 5.74) is 0.555. The zero-order chi connectivity index (χ0) is 19.6. The maximum Gasteiger partial charge on any atom is 0.335 e. The number of carbonyl (C=O) groups excluding carboxylic acids is 3. The molecule has 0 spiro atoms. The minimum absolute atomic E-state index is 0.103. The van der Waals surface area contributed by atoms with Crippen LogP contribution in [-0.4, -0.2) is 76.9 Å². The van der Waals surface area contributed by atoms with E-state index in [2.05, 4.69) is 16.0 Å². The zero-order valence-corrected chi connectivity index (χ0v) is 15.5. The average molecular weight is 370 g/mol. The van der Waals surface area contributed by atoms with Gasteiger partial charge in [-0.15, -0.1) is 0 Å². The second-order valence-electron chi connectivity index (χ2n) is 7.09. The van der Waals surface area contributed by atoms with Crippen molar-refractivity contribution >= 4 is 23.7 Å². The van der Waals surface area contributed by atoms with E-state index in [0.717, 1.165) is 15.6 Å². The van der Waals surface area contributed by atoms with Crippen LogP contribution < -0.4 is 4.90 Å². The molecule has 0 bridgehead atoms. The largest absolute Gasteiger partial charge is 0.354 e. The molecule has 3 heterocycles. The Hall–Kier alpha value is -2.99. The minimum Gasteiger partial charge on any atom is -0.354 e. The van der Waals surface area contributed by atoms with Crippen LogP contribution in [0.2, 0.25) is 0 Å². The van der Waals surface area contributed by atoms with Crippen molar-refractivity contribution in [3.05, 3.63) is 23.9 Å². The Labute approximate surface area is 157 Å². The number of nitriles is 1. The van der Waals surface area contributed by atoms with Crippen molar-refractivity contribution in [2.45, 2.75) is 13.8 Å². The third-order valence-corrected chi connectivity index (χ3v) is 4.60. The predicted octanol–water partition coefficient (Wildman–Crippen LogP) is 0.480. The molecule has 2 saturated heterocycles. The Balaban J connectivity index is 1.59. The quantitative estimate of drug-likeness (QED) is 0.549. The van der Waals surface area contributed by atoms with E-state index in [-0.39, 0.29) is 19.1 Å². The van der Waals surface area contributed by atoms with Gasteiger partial charge in [-0.3, -0.25) is 19.4 Å². The maximum absolute atomic E-state index is 12.4. The fourth-order valence-corrected chi connectivity index (χ4v) is 3.18. The molecule has 4 amide bonds. The molecule has 142 valence electrons. The third kappa shape index (κ3) is 3.90. The highest BCUT2D eigenvalue weighted by atomic mass is 16.2. The van der Waals surface area contributed by atoms with Crippen molar-refractivity contribution in [2.75, 3.05) is 44.3 Å². The van der Waals surface area contributed by atoms with E-state index < -0.39 is 17.8 Å². The molecule has 0 N–H and O–H groups in total. The number of pyridine rings is 1. The van der Waals surface area contributed by atoms with Gasteiger partial charge in [0.15, 0.2) is 0 Å². The number of urea groups is 1. The average Bonchev–Trinajstić information content (AvgIpc) is 2.86. The number of hydrogen-bond donors (Lipinski definition) is 0. The van der Waals surface area contributed by atoms with Gasteiger partial charge in [-0.2, -0.15) is 5.26 Å². The highest BCUT2D eigenvalue weighted by Gasteiger charge is 2.45. The van der Waals surface area contributed by atoms with Crippen molar-refractivity contribution in [1.29, 1.82) is 5.26 Å². The first-order chi connectivity index (χ1) is 12.9. The molecule has 1 aromatic heterocycles. The second kappa shape index (κ2) is 7.72. The van der Waals surface area contributed by atoms with Gasteiger partial charge >= 0.3 is 17.8 Å². The van der Waals surface area contributed by atoms with Crippen LogP contribution in [0.1, 0.15) is 19.4 Å². The van der Waals surface area contributed by atoms with Crippen LogP contribution in [0.3, 0.4) is 0 Å². The standard InChI is InChI=1S/C18H22N6O3/c1-13(2)11-23-16(25)17(26)24(18(23)27)12-21-5-7-22(8-6-21)15-9-14(10-19)3-4-20-15/h3-4,9,13H,5-8,11-12H2,1-2H3. The van der Waals surface area contributed by atoms with Crippen LogP contribution in [0.25, 0.3) is 0 Å². The van der Waals surface area contributed by atoms with Crippen molar-refractivity contribution < 1.29 is 14.4 Å². The number of nitrogens with zero attached hydrogens (tertiary/aromatic N) is 6. The third-order valence-electron chi connectivity index (χ3n) is 4.60. The molecule has 0 aromatic carbocycles. The normalized spacial score (nSPS) is 18.6. The van der Waals surface area contributed by atoms with E-state index in [1.54, 1.807) is 18.3 Å². The van der Waals surface area contributed by atoms with Gasteiger partial charge in [0.1, 0.15) is 5.82 Å². The summed E-state index contributed by atoms with van der Waals surface area (Å²) < 4.78 is 0. The second-order valence-corrected chi connectivity index (χ2v) is 7.09. The number of amides is 4. The Morgan fingerprint density at radius 1 is 1.11 bits per heavy atom. The molecule has 1 aromatic rings. The van der Waals surface area contributed by atoms with Crippen LogP contribution in [0, 0.1) is 17.2 Å². The van der Waals surface area contributed by atoms with Gasteiger partial charge in [0.05, 0.1) is 18.3 Å². The van der Waals surface area contributed by atoms with Gasteiger partial charge < -0.3 is 4.90 Å². The molecule has 0 atom stereocenters. The number of anilines is 1. The van der Waals surface area contributed by atoms with E-state index >= 15 is 0 Å². The molecular weight excluding hydrogens is 348 g/mol. The number of aromatic nitrogens is 1. The number of imide groups is 2. The summed E-state index contributed by atoms with van der Waals surface area (Å²) in [6.07, 6.45) is 1.61. The van der Waals surface area contributed by atoms with Gasteiger partial charge in [0.2, 0.25) is 0 Å². The van der Waals surface area contributed by atoms with Crippen LogP contribution in [-0.2, 0) is 9.59 Å². The highest BCUT2D eigenvalue weighted by Crippen LogP contribution is 2.18. The van der Waals surface area contributed by atoms with Crippen molar-refractivity contribution in [3.8, 4) is 6.07 Å². The topological polar surface area (TPSA) is 101 Å². The highest BCUT2D eigenvalue weighted by molar-refractivity contribution is 6.44. The van der Waals surface area contributed by atoms with E-state index in [1.807, 2.05) is 18.7 Å². The van der Waals surface area contributed by atoms with Crippen molar-refractivity contribution in [3.63, 3.8) is 0 Å². The lowest BCUT2D eigenvalue weighted by atomic mass is 10.2. The Kier molecular flexibility index (Phi) is 5.37. The summed E-state index contributed by atoms with van der Waals surface area (Å²) >= 11 is 0. The summed E-state index contributed by atoms with van der Waals surface area (Å²) in [7, 11) is 0. The first-order valence-electron chi connectivity index (χ1n) is 8.91. The lowest BCUT2D eigenvalue weighted by Gasteiger charge is -2.36. The monoisotopic (exact) mass is 370 g/mol. The summed E-state index contributed by atoms with van der Waals surface area (Å²) in [4.78, 5) is 47.0. The van der Waals surface area contributed by atoms with Gasteiger partial charge in [0.25, 0.3) is 0 Å². The van der Waals surface area contributed by atoms with Gasteiger partial charge in [-0.1, -0.05) is 13.8 Å². The number of rotatable bonds is 5. The molecule has 0 saturated carbocycles. The van der Waals surface area contributed by atoms with E-state index in [1.165, 1.54) is 0 Å². The van der Waals surface area contributed by atoms with Gasteiger partial charge in [-0.05, 0) is 18.1 Å². The van der Waals surface area contributed by atoms with Crippen molar-refractivity contribution in [2.24, 2.45) is 5.92 Å². The van der Waals surface area contributed by atoms with Crippen LogP contribution in [0.4, 0.5) is 10.6 Å². The number of hydrogen-bond acceptors (Lipinski definition) is 7. The molecule has 2 aliphatic heterocycles. The molecule has 2 aliphatic rings. The molecule has 0 aliphatic carbocycles. The maximum atomic E-state index is 12.4. The zero-order valence-electron chi connectivity index (χ0n) is 15.5. The van der Waals surface area contributed by atoms with Crippen molar-refractivity contribution in [1.82, 2.24) is 19.7 Å². The Morgan fingerprint density at radius 3 is 2.41 bits per heavy atom. The van der Waals surface area contributed by atoms with E-state index in [9.17, 15) is 14.4 Å². The predicted molar refractivity (Wildman–Crippen MR) is 96.4 cm³/mol.